The fourth-order valence-electron chi connectivity index (χ4n) is 1.17. The van der Waals surface area contributed by atoms with Gasteiger partial charge in [-0.2, -0.15) is 5.26 Å². The predicted octanol–water partition coefficient (Wildman–Crippen LogP) is 0.998. The van der Waals surface area contributed by atoms with Gasteiger partial charge in [-0.25, -0.2) is 13.1 Å². The molecule has 1 N–H and O–H groups in total. The average molecular weight is 224 g/mol. The van der Waals surface area contributed by atoms with E-state index in [0.29, 0.717) is 17.7 Å². The zero-order chi connectivity index (χ0) is 11.3. The number of hydrogen-bond donors (Lipinski definition) is 1. The molecule has 0 heterocycles. The van der Waals surface area contributed by atoms with Crippen LogP contribution in [0.5, 0.6) is 0 Å². The van der Waals surface area contributed by atoms with Crippen molar-refractivity contribution in [1.82, 2.24) is 4.72 Å². The van der Waals surface area contributed by atoms with E-state index < -0.39 is 10.0 Å². The molecule has 0 aromatic heterocycles. The van der Waals surface area contributed by atoms with Crippen LogP contribution in [0.25, 0.3) is 0 Å². The SMILES string of the molecule is CCNS(=O)(=O)Cc1ccc(C#N)cc1. The summed E-state index contributed by atoms with van der Waals surface area (Å²) < 4.78 is 25.2. The van der Waals surface area contributed by atoms with Crippen molar-refractivity contribution in [3.63, 3.8) is 0 Å². The maximum Gasteiger partial charge on any atom is 0.215 e. The lowest BCUT2D eigenvalue weighted by molar-refractivity contribution is 0.583. The maximum absolute atomic E-state index is 11.4. The second-order valence-electron chi connectivity index (χ2n) is 3.07. The van der Waals surface area contributed by atoms with Gasteiger partial charge in [0.1, 0.15) is 0 Å². The first kappa shape index (κ1) is 11.7. The van der Waals surface area contributed by atoms with E-state index in [9.17, 15) is 8.42 Å². The van der Waals surface area contributed by atoms with Gasteiger partial charge in [-0.05, 0) is 17.7 Å². The van der Waals surface area contributed by atoms with Crippen LogP contribution >= 0.6 is 0 Å². The molecule has 0 fully saturated rings. The van der Waals surface area contributed by atoms with Gasteiger partial charge >= 0.3 is 0 Å². The largest absolute Gasteiger partial charge is 0.215 e. The van der Waals surface area contributed by atoms with Crippen molar-refractivity contribution in [3.05, 3.63) is 35.4 Å². The lowest BCUT2D eigenvalue weighted by atomic mass is 10.2. The Bertz CT molecular complexity index is 457. The van der Waals surface area contributed by atoms with Gasteiger partial charge in [0.15, 0.2) is 0 Å². The van der Waals surface area contributed by atoms with Crippen LogP contribution in [-0.2, 0) is 15.8 Å². The summed E-state index contributed by atoms with van der Waals surface area (Å²) in [4.78, 5) is 0. The highest BCUT2D eigenvalue weighted by Gasteiger charge is 2.09. The van der Waals surface area contributed by atoms with Crippen LogP contribution in [0.3, 0.4) is 0 Å². The van der Waals surface area contributed by atoms with Crippen LogP contribution < -0.4 is 4.72 Å². The third-order valence-electron chi connectivity index (χ3n) is 1.80. The molecule has 0 bridgehead atoms. The van der Waals surface area contributed by atoms with E-state index in [-0.39, 0.29) is 5.75 Å². The van der Waals surface area contributed by atoms with Gasteiger partial charge in [0.25, 0.3) is 0 Å². The number of sulfonamides is 1. The van der Waals surface area contributed by atoms with E-state index in [2.05, 4.69) is 4.72 Å². The second kappa shape index (κ2) is 4.91. The van der Waals surface area contributed by atoms with Crippen LogP contribution in [-0.4, -0.2) is 15.0 Å². The third-order valence-corrected chi connectivity index (χ3v) is 3.25. The molecule has 1 rings (SSSR count). The van der Waals surface area contributed by atoms with Crippen molar-refractivity contribution in [3.8, 4) is 6.07 Å². The smallest absolute Gasteiger partial charge is 0.215 e. The Kier molecular flexibility index (Phi) is 3.83. The zero-order valence-electron chi connectivity index (χ0n) is 8.40. The maximum atomic E-state index is 11.4. The molecular weight excluding hydrogens is 212 g/mol. The number of nitrogens with zero attached hydrogens (tertiary/aromatic N) is 1. The molecule has 4 nitrogen and oxygen atoms in total. The fraction of sp³-hybridized carbons (Fsp3) is 0.300. The summed E-state index contributed by atoms with van der Waals surface area (Å²) in [5.74, 6) is -0.0491. The van der Waals surface area contributed by atoms with Crippen molar-refractivity contribution in [2.75, 3.05) is 6.54 Å². The van der Waals surface area contributed by atoms with E-state index in [4.69, 9.17) is 5.26 Å². The molecule has 0 aliphatic heterocycles. The minimum atomic E-state index is -3.24. The molecule has 0 aliphatic carbocycles. The first-order valence-corrected chi connectivity index (χ1v) is 6.19. The van der Waals surface area contributed by atoms with Crippen LogP contribution in [0.1, 0.15) is 18.1 Å². The Labute approximate surface area is 89.6 Å². The Morgan fingerprint density at radius 1 is 1.33 bits per heavy atom. The Morgan fingerprint density at radius 3 is 2.40 bits per heavy atom. The molecule has 15 heavy (non-hydrogen) atoms. The Hall–Kier alpha value is -1.38. The van der Waals surface area contributed by atoms with Gasteiger partial charge in [-0.3, -0.25) is 0 Å². The summed E-state index contributed by atoms with van der Waals surface area (Å²) in [6.07, 6.45) is 0. The highest BCUT2D eigenvalue weighted by Crippen LogP contribution is 2.06. The number of nitrogens with one attached hydrogen (secondary N) is 1. The van der Waals surface area contributed by atoms with E-state index in [1.807, 2.05) is 6.07 Å². The van der Waals surface area contributed by atoms with Gasteiger partial charge in [-0.15, -0.1) is 0 Å². The molecule has 0 saturated heterocycles. The lowest BCUT2D eigenvalue weighted by Gasteiger charge is -2.04. The Balaban J connectivity index is 2.78. The van der Waals surface area contributed by atoms with Crippen LogP contribution in [0.2, 0.25) is 0 Å². The zero-order valence-corrected chi connectivity index (χ0v) is 9.21. The minimum absolute atomic E-state index is 0.0491. The van der Waals surface area contributed by atoms with E-state index >= 15 is 0 Å². The van der Waals surface area contributed by atoms with Crippen molar-refractivity contribution in [2.45, 2.75) is 12.7 Å². The fourth-order valence-corrected chi connectivity index (χ4v) is 2.34. The third kappa shape index (κ3) is 3.70. The van der Waals surface area contributed by atoms with Gasteiger partial charge in [0.05, 0.1) is 17.4 Å². The monoisotopic (exact) mass is 224 g/mol. The van der Waals surface area contributed by atoms with Crippen LogP contribution in [0, 0.1) is 11.3 Å². The van der Waals surface area contributed by atoms with Gasteiger partial charge in [0, 0.05) is 6.54 Å². The highest BCUT2D eigenvalue weighted by molar-refractivity contribution is 7.88. The van der Waals surface area contributed by atoms with Crippen LogP contribution in [0.15, 0.2) is 24.3 Å². The summed E-state index contributed by atoms with van der Waals surface area (Å²) in [6, 6.07) is 8.49. The number of rotatable bonds is 4. The molecule has 5 heteroatoms. The van der Waals surface area contributed by atoms with Crippen molar-refractivity contribution < 1.29 is 8.42 Å². The molecule has 0 spiro atoms. The van der Waals surface area contributed by atoms with Crippen molar-refractivity contribution in [1.29, 1.82) is 5.26 Å². The molecule has 0 radical (unpaired) electrons. The minimum Gasteiger partial charge on any atom is -0.215 e. The standard InChI is InChI=1S/C10H12N2O2S/c1-2-12-15(13,14)8-10-5-3-9(7-11)4-6-10/h3-6,12H,2,8H2,1H3. The first-order valence-electron chi connectivity index (χ1n) is 4.54. The first-order chi connectivity index (χ1) is 7.07. The number of hydrogen-bond acceptors (Lipinski definition) is 3. The molecule has 0 saturated carbocycles. The van der Waals surface area contributed by atoms with E-state index in [0.717, 1.165) is 0 Å². The molecule has 0 atom stereocenters. The summed E-state index contributed by atoms with van der Waals surface area (Å²) in [7, 11) is -3.24. The number of benzene rings is 1. The quantitative estimate of drug-likeness (QED) is 0.829. The lowest BCUT2D eigenvalue weighted by Crippen LogP contribution is -2.24. The highest BCUT2D eigenvalue weighted by atomic mass is 32.2. The number of nitriles is 1. The summed E-state index contributed by atoms with van der Waals surface area (Å²) in [6.45, 7) is 2.12. The molecule has 0 amide bonds. The molecule has 80 valence electrons. The normalized spacial score (nSPS) is 10.9. The summed E-state index contributed by atoms with van der Waals surface area (Å²) in [5, 5.41) is 8.56. The van der Waals surface area contributed by atoms with Crippen LogP contribution in [0.4, 0.5) is 0 Å². The molecule has 1 aromatic carbocycles. The predicted molar refractivity (Wildman–Crippen MR) is 57.5 cm³/mol. The average Bonchev–Trinajstić information content (AvgIpc) is 2.18. The summed E-state index contributed by atoms with van der Waals surface area (Å²) in [5.41, 5.74) is 1.20. The van der Waals surface area contributed by atoms with Gasteiger partial charge in [0.2, 0.25) is 10.0 Å². The molecular formula is C10H12N2O2S. The van der Waals surface area contributed by atoms with Crippen molar-refractivity contribution >= 4 is 10.0 Å². The van der Waals surface area contributed by atoms with E-state index in [1.54, 1.807) is 31.2 Å². The van der Waals surface area contributed by atoms with E-state index in [1.165, 1.54) is 0 Å². The molecule has 1 aromatic rings. The molecule has 0 aliphatic rings. The van der Waals surface area contributed by atoms with Crippen molar-refractivity contribution in [2.24, 2.45) is 0 Å². The topological polar surface area (TPSA) is 70.0 Å². The van der Waals surface area contributed by atoms with Gasteiger partial charge in [-0.1, -0.05) is 19.1 Å². The Morgan fingerprint density at radius 2 is 1.93 bits per heavy atom. The molecule has 0 unspecified atom stereocenters. The van der Waals surface area contributed by atoms with Gasteiger partial charge < -0.3 is 0 Å². The second-order valence-corrected chi connectivity index (χ2v) is 4.87. The summed E-state index contributed by atoms with van der Waals surface area (Å²) >= 11 is 0.